The minimum absolute atomic E-state index is 0.117. The van der Waals surface area contributed by atoms with E-state index >= 15 is 0 Å². The maximum absolute atomic E-state index is 13.4. The van der Waals surface area contributed by atoms with E-state index in [0.29, 0.717) is 6.54 Å². The molecular formula is C21H24N2O2S. The molecule has 5 heteroatoms. The van der Waals surface area contributed by atoms with E-state index in [0.717, 1.165) is 41.5 Å². The first-order valence-electron chi connectivity index (χ1n) is 9.48. The van der Waals surface area contributed by atoms with Crippen molar-refractivity contribution in [2.75, 3.05) is 0 Å². The molecule has 0 saturated heterocycles. The summed E-state index contributed by atoms with van der Waals surface area (Å²) in [6, 6.07) is 9.54. The zero-order chi connectivity index (χ0) is 18.3. The molecule has 0 aliphatic heterocycles. The Morgan fingerprint density at radius 2 is 1.85 bits per heavy atom. The number of rotatable bonds is 4. The number of aromatic nitrogens is 2. The molecule has 1 atom stereocenters. The molecule has 136 valence electrons. The van der Waals surface area contributed by atoms with Gasteiger partial charge in [-0.25, -0.2) is 4.79 Å². The summed E-state index contributed by atoms with van der Waals surface area (Å²) in [6.07, 6.45) is 5.15. The van der Waals surface area contributed by atoms with Crippen molar-refractivity contribution in [3.05, 3.63) is 67.2 Å². The lowest BCUT2D eigenvalue weighted by atomic mass is 9.97. The molecule has 0 radical (unpaired) electrons. The molecule has 1 unspecified atom stereocenters. The fourth-order valence-electron chi connectivity index (χ4n) is 4.03. The molecule has 2 aromatic heterocycles. The first-order valence-corrected chi connectivity index (χ1v) is 10.3. The van der Waals surface area contributed by atoms with E-state index in [1.807, 2.05) is 41.8 Å². The first-order chi connectivity index (χ1) is 12.6. The van der Waals surface area contributed by atoms with Crippen LogP contribution < -0.4 is 11.2 Å². The molecule has 4 nitrogen and oxygen atoms in total. The number of hydrogen-bond donors (Lipinski definition) is 0. The van der Waals surface area contributed by atoms with E-state index in [1.54, 1.807) is 11.3 Å². The highest BCUT2D eigenvalue weighted by atomic mass is 32.1. The number of thiophene rings is 1. The first kappa shape index (κ1) is 17.3. The van der Waals surface area contributed by atoms with Crippen LogP contribution in [0.2, 0.25) is 0 Å². The van der Waals surface area contributed by atoms with E-state index in [9.17, 15) is 9.59 Å². The van der Waals surface area contributed by atoms with E-state index in [1.165, 1.54) is 21.4 Å². The molecule has 0 N–H and O–H groups in total. The summed E-state index contributed by atoms with van der Waals surface area (Å²) in [5, 5.41) is 0.792. The largest absolute Gasteiger partial charge is 0.332 e. The van der Waals surface area contributed by atoms with Crippen LogP contribution in [0, 0.1) is 0 Å². The minimum atomic E-state index is -0.275. The normalized spacial score (nSPS) is 15.2. The monoisotopic (exact) mass is 368 g/mol. The predicted molar refractivity (Wildman–Crippen MR) is 108 cm³/mol. The SMILES string of the molecule is CCCn1c(=O)n(C(C)c2ccccc2)c(=O)c2c3c(sc21)CCCC3. The van der Waals surface area contributed by atoms with Gasteiger partial charge in [-0.1, -0.05) is 37.3 Å². The maximum atomic E-state index is 13.4. The number of benzene rings is 1. The number of nitrogens with zero attached hydrogens (tertiary/aromatic N) is 2. The third-order valence-electron chi connectivity index (χ3n) is 5.38. The molecule has 4 rings (SSSR count). The summed E-state index contributed by atoms with van der Waals surface area (Å²) in [5.41, 5.74) is 1.88. The van der Waals surface area contributed by atoms with Gasteiger partial charge in [0.1, 0.15) is 4.83 Å². The van der Waals surface area contributed by atoms with Gasteiger partial charge in [0.05, 0.1) is 11.4 Å². The van der Waals surface area contributed by atoms with E-state index in [2.05, 4.69) is 6.92 Å². The molecule has 1 aromatic carbocycles. The highest BCUT2D eigenvalue weighted by molar-refractivity contribution is 7.18. The van der Waals surface area contributed by atoms with E-state index in [4.69, 9.17) is 0 Å². The number of aryl methyl sites for hydroxylation is 3. The van der Waals surface area contributed by atoms with Crippen LogP contribution >= 0.6 is 11.3 Å². The van der Waals surface area contributed by atoms with Gasteiger partial charge in [-0.05, 0) is 50.2 Å². The lowest BCUT2D eigenvalue weighted by Crippen LogP contribution is -2.41. The number of fused-ring (bicyclic) bond motifs is 3. The highest BCUT2D eigenvalue weighted by Crippen LogP contribution is 2.34. The Kier molecular flexibility index (Phi) is 4.57. The Hall–Kier alpha value is -2.14. The Morgan fingerprint density at radius 1 is 1.12 bits per heavy atom. The standard InChI is InChI=1S/C21H24N2O2S/c1-3-13-22-20-18(16-11-7-8-12-17(16)26-20)19(24)23(21(22)25)14(2)15-9-5-4-6-10-15/h4-6,9-10,14H,3,7-8,11-13H2,1-2H3. The Morgan fingerprint density at radius 3 is 2.58 bits per heavy atom. The fraction of sp³-hybridized carbons (Fsp3) is 0.429. The molecular weight excluding hydrogens is 344 g/mol. The van der Waals surface area contributed by atoms with Crippen molar-refractivity contribution in [3.63, 3.8) is 0 Å². The molecule has 0 amide bonds. The highest BCUT2D eigenvalue weighted by Gasteiger charge is 2.25. The summed E-state index contributed by atoms with van der Waals surface area (Å²) in [6.45, 7) is 4.66. The zero-order valence-electron chi connectivity index (χ0n) is 15.3. The molecule has 0 fully saturated rings. The van der Waals surface area contributed by atoms with Crippen molar-refractivity contribution in [1.29, 1.82) is 0 Å². The number of hydrogen-bond acceptors (Lipinski definition) is 3. The van der Waals surface area contributed by atoms with Gasteiger partial charge in [0, 0.05) is 11.4 Å². The molecule has 0 spiro atoms. The van der Waals surface area contributed by atoms with Crippen molar-refractivity contribution in [2.24, 2.45) is 0 Å². The third kappa shape index (κ3) is 2.65. The summed E-state index contributed by atoms with van der Waals surface area (Å²) in [5.74, 6) is 0. The summed E-state index contributed by atoms with van der Waals surface area (Å²) < 4.78 is 3.30. The van der Waals surface area contributed by atoms with Gasteiger partial charge in [0.15, 0.2) is 0 Å². The third-order valence-corrected chi connectivity index (χ3v) is 6.70. The van der Waals surface area contributed by atoms with Crippen LogP contribution in [0.3, 0.4) is 0 Å². The molecule has 3 aromatic rings. The molecule has 0 bridgehead atoms. The van der Waals surface area contributed by atoms with Gasteiger partial charge < -0.3 is 0 Å². The smallest absolute Gasteiger partial charge is 0.284 e. The van der Waals surface area contributed by atoms with Crippen LogP contribution in [0.25, 0.3) is 10.2 Å². The summed E-state index contributed by atoms with van der Waals surface area (Å²) in [4.78, 5) is 28.8. The van der Waals surface area contributed by atoms with Gasteiger partial charge in [-0.15, -0.1) is 11.3 Å². The Balaban J connectivity index is 2.04. The summed E-state index contributed by atoms with van der Waals surface area (Å²) >= 11 is 1.66. The van der Waals surface area contributed by atoms with Crippen LogP contribution in [-0.2, 0) is 19.4 Å². The van der Waals surface area contributed by atoms with Gasteiger partial charge >= 0.3 is 5.69 Å². The van der Waals surface area contributed by atoms with Crippen molar-refractivity contribution in [1.82, 2.24) is 9.13 Å². The summed E-state index contributed by atoms with van der Waals surface area (Å²) in [7, 11) is 0. The van der Waals surface area contributed by atoms with Crippen molar-refractivity contribution in [3.8, 4) is 0 Å². The van der Waals surface area contributed by atoms with Crippen LogP contribution in [-0.4, -0.2) is 9.13 Å². The van der Waals surface area contributed by atoms with Crippen molar-refractivity contribution in [2.45, 2.75) is 58.5 Å². The van der Waals surface area contributed by atoms with Crippen molar-refractivity contribution < 1.29 is 0 Å². The lowest BCUT2D eigenvalue weighted by Gasteiger charge is -2.18. The van der Waals surface area contributed by atoms with Crippen LogP contribution in [0.1, 0.15) is 55.2 Å². The maximum Gasteiger partial charge on any atom is 0.332 e. The van der Waals surface area contributed by atoms with Gasteiger partial charge in [0.2, 0.25) is 0 Å². The molecule has 1 aliphatic rings. The average molecular weight is 369 g/mol. The van der Waals surface area contributed by atoms with Crippen LogP contribution in [0.15, 0.2) is 39.9 Å². The second kappa shape index (κ2) is 6.88. The fourth-order valence-corrected chi connectivity index (χ4v) is 5.43. The van der Waals surface area contributed by atoms with Gasteiger partial charge in [0.25, 0.3) is 5.56 Å². The van der Waals surface area contributed by atoms with Crippen LogP contribution in [0.4, 0.5) is 0 Å². The molecule has 2 heterocycles. The molecule has 1 aliphatic carbocycles. The topological polar surface area (TPSA) is 44.0 Å². The zero-order valence-corrected chi connectivity index (χ0v) is 16.1. The minimum Gasteiger partial charge on any atom is -0.284 e. The second-order valence-electron chi connectivity index (χ2n) is 7.09. The van der Waals surface area contributed by atoms with Gasteiger partial charge in [-0.2, -0.15) is 0 Å². The molecule has 26 heavy (non-hydrogen) atoms. The quantitative estimate of drug-likeness (QED) is 0.695. The van der Waals surface area contributed by atoms with E-state index in [-0.39, 0.29) is 17.3 Å². The predicted octanol–water partition coefficient (Wildman–Crippen LogP) is 4.12. The second-order valence-corrected chi connectivity index (χ2v) is 8.17. The average Bonchev–Trinajstić information content (AvgIpc) is 3.05. The Bertz CT molecular complexity index is 1060. The van der Waals surface area contributed by atoms with E-state index < -0.39 is 0 Å². The lowest BCUT2D eigenvalue weighted by molar-refractivity contribution is 0.534. The van der Waals surface area contributed by atoms with Crippen molar-refractivity contribution >= 4 is 21.6 Å². The Labute approximate surface area is 156 Å². The van der Waals surface area contributed by atoms with Crippen LogP contribution in [0.5, 0.6) is 0 Å². The molecule has 0 saturated carbocycles. The van der Waals surface area contributed by atoms with Gasteiger partial charge in [-0.3, -0.25) is 13.9 Å².